The number of aliphatic hydroxyl groups is 1. The Balaban J connectivity index is 1.55. The van der Waals surface area contributed by atoms with Crippen LogP contribution in [0, 0.1) is 17.8 Å². The Morgan fingerprint density at radius 3 is 2.95 bits per heavy atom. The predicted octanol–water partition coefficient (Wildman–Crippen LogP) is 1.70. The quantitative estimate of drug-likeness (QED) is 0.803. The van der Waals surface area contributed by atoms with Gasteiger partial charge >= 0.3 is 0 Å². The third-order valence-electron chi connectivity index (χ3n) is 5.20. The molecule has 2 aliphatic carbocycles. The van der Waals surface area contributed by atoms with Crippen molar-refractivity contribution in [2.45, 2.75) is 25.3 Å². The molecule has 4 atom stereocenters. The predicted molar refractivity (Wildman–Crippen MR) is 78.8 cm³/mol. The van der Waals surface area contributed by atoms with E-state index in [1.165, 1.54) is 6.42 Å². The zero-order valence-corrected chi connectivity index (χ0v) is 11.7. The molecule has 0 spiro atoms. The molecule has 3 N–H and O–H groups in total. The first-order valence-electron chi connectivity index (χ1n) is 7.62. The molecule has 21 heavy (non-hydrogen) atoms. The van der Waals surface area contributed by atoms with Crippen molar-refractivity contribution in [3.05, 3.63) is 30.1 Å². The minimum absolute atomic E-state index is 0.0921. The summed E-state index contributed by atoms with van der Waals surface area (Å²) >= 11 is 0. The maximum absolute atomic E-state index is 12.4. The average molecular weight is 285 g/mol. The summed E-state index contributed by atoms with van der Waals surface area (Å²) in [5.41, 5.74) is 1.67. The summed E-state index contributed by atoms with van der Waals surface area (Å²) in [5, 5.41) is 12.7. The molecule has 0 saturated heterocycles. The fraction of sp³-hybridized carbons (Fsp3) is 0.500. The topological polar surface area (TPSA) is 78.0 Å². The van der Waals surface area contributed by atoms with Crippen molar-refractivity contribution in [1.82, 2.24) is 15.3 Å². The third-order valence-corrected chi connectivity index (χ3v) is 5.20. The van der Waals surface area contributed by atoms with Crippen LogP contribution < -0.4 is 5.32 Å². The number of nitrogens with one attached hydrogen (secondary N) is 2. The van der Waals surface area contributed by atoms with E-state index in [0.29, 0.717) is 17.7 Å². The highest BCUT2D eigenvalue weighted by Crippen LogP contribution is 2.48. The normalized spacial score (nSPS) is 30.9. The third kappa shape index (κ3) is 2.03. The second-order valence-corrected chi connectivity index (χ2v) is 6.28. The Hall–Kier alpha value is -1.88. The Kier molecular flexibility index (Phi) is 2.96. The summed E-state index contributed by atoms with van der Waals surface area (Å²) in [6, 6.07) is 7.71. The molecular weight excluding hydrogens is 266 g/mol. The van der Waals surface area contributed by atoms with Crippen LogP contribution in [-0.4, -0.2) is 33.6 Å². The highest BCUT2D eigenvalue weighted by atomic mass is 16.3. The number of carbonyl (C=O) groups is 1. The van der Waals surface area contributed by atoms with Gasteiger partial charge in [0.05, 0.1) is 11.0 Å². The number of imidazole rings is 1. The van der Waals surface area contributed by atoms with Crippen LogP contribution in [0.5, 0.6) is 0 Å². The molecule has 1 aromatic heterocycles. The van der Waals surface area contributed by atoms with Crippen LogP contribution in [-0.2, 0) is 0 Å². The molecule has 4 rings (SSSR count). The molecule has 1 amide bonds. The van der Waals surface area contributed by atoms with Gasteiger partial charge in [-0.15, -0.1) is 0 Å². The number of aliphatic hydroxyl groups excluding tert-OH is 1. The van der Waals surface area contributed by atoms with Crippen LogP contribution in [0.4, 0.5) is 0 Å². The molecule has 5 nitrogen and oxygen atoms in total. The maximum Gasteiger partial charge on any atom is 0.287 e. The van der Waals surface area contributed by atoms with Gasteiger partial charge in [0.25, 0.3) is 5.91 Å². The fourth-order valence-electron chi connectivity index (χ4n) is 4.18. The Morgan fingerprint density at radius 2 is 2.14 bits per heavy atom. The lowest BCUT2D eigenvalue weighted by Crippen LogP contribution is -2.45. The minimum atomic E-state index is -0.165. The molecular formula is C16H19N3O2. The molecule has 5 heteroatoms. The first-order chi connectivity index (χ1) is 10.3. The van der Waals surface area contributed by atoms with E-state index in [-0.39, 0.29) is 24.5 Å². The summed E-state index contributed by atoms with van der Waals surface area (Å²) in [6.07, 6.45) is 3.48. The molecule has 2 bridgehead atoms. The van der Waals surface area contributed by atoms with Crippen molar-refractivity contribution in [2.24, 2.45) is 17.8 Å². The van der Waals surface area contributed by atoms with Gasteiger partial charge in [0.2, 0.25) is 0 Å². The molecule has 2 fully saturated rings. The van der Waals surface area contributed by atoms with E-state index < -0.39 is 0 Å². The Morgan fingerprint density at radius 1 is 1.33 bits per heavy atom. The fourth-order valence-corrected chi connectivity index (χ4v) is 4.18. The van der Waals surface area contributed by atoms with Crippen molar-refractivity contribution >= 4 is 16.9 Å². The molecule has 110 valence electrons. The summed E-state index contributed by atoms with van der Waals surface area (Å²) in [5.74, 6) is 1.48. The van der Waals surface area contributed by atoms with Gasteiger partial charge < -0.3 is 15.4 Å². The van der Waals surface area contributed by atoms with Crippen LogP contribution in [0.1, 0.15) is 29.9 Å². The molecule has 0 aliphatic heterocycles. The van der Waals surface area contributed by atoms with Gasteiger partial charge in [-0.2, -0.15) is 0 Å². The molecule has 1 aromatic carbocycles. The Bertz CT molecular complexity index is 648. The zero-order chi connectivity index (χ0) is 14.4. The number of fused-ring (bicyclic) bond motifs is 3. The number of para-hydroxylation sites is 2. The lowest BCUT2D eigenvalue weighted by Gasteiger charge is -2.30. The number of hydrogen-bond acceptors (Lipinski definition) is 3. The van der Waals surface area contributed by atoms with Gasteiger partial charge in [-0.05, 0) is 43.2 Å². The van der Waals surface area contributed by atoms with E-state index in [1.54, 1.807) is 0 Å². The van der Waals surface area contributed by atoms with Crippen LogP contribution in [0.15, 0.2) is 24.3 Å². The average Bonchev–Trinajstić information content (AvgIpc) is 3.20. The second kappa shape index (κ2) is 4.84. The maximum atomic E-state index is 12.4. The highest BCUT2D eigenvalue weighted by Gasteiger charge is 2.47. The molecule has 2 aromatic rings. The second-order valence-electron chi connectivity index (χ2n) is 6.28. The highest BCUT2D eigenvalue weighted by molar-refractivity contribution is 5.94. The zero-order valence-electron chi connectivity index (χ0n) is 11.7. The molecule has 1 heterocycles. The van der Waals surface area contributed by atoms with Crippen molar-refractivity contribution in [3.8, 4) is 0 Å². The summed E-state index contributed by atoms with van der Waals surface area (Å²) in [4.78, 5) is 19.8. The number of benzene rings is 1. The van der Waals surface area contributed by atoms with Crippen LogP contribution in [0.2, 0.25) is 0 Å². The Labute approximate surface area is 122 Å². The molecule has 0 radical (unpaired) electrons. The van der Waals surface area contributed by atoms with Crippen molar-refractivity contribution in [2.75, 3.05) is 6.61 Å². The first-order valence-corrected chi connectivity index (χ1v) is 7.62. The lowest BCUT2D eigenvalue weighted by molar-refractivity contribution is 0.0852. The van der Waals surface area contributed by atoms with Gasteiger partial charge in [-0.1, -0.05) is 12.1 Å². The van der Waals surface area contributed by atoms with Gasteiger partial charge in [0, 0.05) is 18.6 Å². The van der Waals surface area contributed by atoms with Gasteiger partial charge in [-0.3, -0.25) is 4.79 Å². The van der Waals surface area contributed by atoms with E-state index in [1.807, 2.05) is 24.3 Å². The standard InChI is InChI=1S/C16H19N3O2/c20-8-11-9-5-6-10(7-9)14(11)19-16(21)15-17-12-3-1-2-4-13(12)18-15/h1-4,9-11,14,20H,5-8H2,(H,17,18)(H,19,21)/t9-,10-,11+,14+/m0/s1. The SMILES string of the molecule is O=C(N[C@@H]1[C@H]2CC[C@@H](C2)[C@H]1CO)c1nc2ccccc2[nH]1. The summed E-state index contributed by atoms with van der Waals surface area (Å²) in [6.45, 7) is 0.159. The molecule has 2 saturated carbocycles. The molecule has 2 aliphatic rings. The summed E-state index contributed by atoms with van der Waals surface area (Å²) < 4.78 is 0. The number of aromatic amines is 1. The van der Waals surface area contributed by atoms with E-state index in [9.17, 15) is 9.90 Å². The van der Waals surface area contributed by atoms with Crippen molar-refractivity contribution in [1.29, 1.82) is 0 Å². The van der Waals surface area contributed by atoms with Gasteiger partial charge in [0.15, 0.2) is 5.82 Å². The van der Waals surface area contributed by atoms with E-state index in [4.69, 9.17) is 0 Å². The largest absolute Gasteiger partial charge is 0.396 e. The number of hydrogen-bond donors (Lipinski definition) is 3. The summed E-state index contributed by atoms with van der Waals surface area (Å²) in [7, 11) is 0. The van der Waals surface area contributed by atoms with E-state index >= 15 is 0 Å². The number of carbonyl (C=O) groups excluding carboxylic acids is 1. The number of nitrogens with zero attached hydrogens (tertiary/aromatic N) is 1. The lowest BCUT2D eigenvalue weighted by atomic mass is 9.85. The van der Waals surface area contributed by atoms with Crippen molar-refractivity contribution in [3.63, 3.8) is 0 Å². The number of H-pyrrole nitrogens is 1. The van der Waals surface area contributed by atoms with E-state index in [0.717, 1.165) is 23.9 Å². The monoisotopic (exact) mass is 285 g/mol. The smallest absolute Gasteiger partial charge is 0.287 e. The number of amides is 1. The first kappa shape index (κ1) is 12.8. The number of rotatable bonds is 3. The number of aromatic nitrogens is 2. The van der Waals surface area contributed by atoms with E-state index in [2.05, 4.69) is 15.3 Å². The van der Waals surface area contributed by atoms with Gasteiger partial charge in [-0.25, -0.2) is 4.98 Å². The van der Waals surface area contributed by atoms with Crippen LogP contribution in [0.25, 0.3) is 11.0 Å². The van der Waals surface area contributed by atoms with Gasteiger partial charge in [0.1, 0.15) is 0 Å². The van der Waals surface area contributed by atoms with Crippen LogP contribution in [0.3, 0.4) is 0 Å². The van der Waals surface area contributed by atoms with Crippen molar-refractivity contribution < 1.29 is 9.90 Å². The molecule has 0 unspecified atom stereocenters. The minimum Gasteiger partial charge on any atom is -0.396 e. The van der Waals surface area contributed by atoms with Crippen LogP contribution >= 0.6 is 0 Å².